The van der Waals surface area contributed by atoms with E-state index in [2.05, 4.69) is 0 Å². The standard InChI is InChI=1S/C13H22N2O5/c1-9-4-14(5-10(2)20-9)12(18)15-7-13(3,8-15)19-6-11(16)17/h9-10H,4-8H2,1-3H3,(H,16,17)/t9-,10+. The summed E-state index contributed by atoms with van der Waals surface area (Å²) in [5.74, 6) is -0.994. The summed E-state index contributed by atoms with van der Waals surface area (Å²) < 4.78 is 10.9. The molecule has 2 fully saturated rings. The van der Waals surface area contributed by atoms with Crippen LogP contribution in [0.25, 0.3) is 0 Å². The van der Waals surface area contributed by atoms with E-state index in [9.17, 15) is 9.59 Å². The lowest BCUT2D eigenvalue weighted by Gasteiger charge is -2.49. The van der Waals surface area contributed by atoms with Gasteiger partial charge in [-0.1, -0.05) is 0 Å². The first-order valence-electron chi connectivity index (χ1n) is 6.84. The second-order valence-corrected chi connectivity index (χ2v) is 5.93. The number of rotatable bonds is 3. The van der Waals surface area contributed by atoms with Crippen molar-refractivity contribution in [2.75, 3.05) is 32.8 Å². The Morgan fingerprint density at radius 2 is 1.80 bits per heavy atom. The van der Waals surface area contributed by atoms with Crippen molar-refractivity contribution in [3.05, 3.63) is 0 Å². The molecular weight excluding hydrogens is 264 g/mol. The van der Waals surface area contributed by atoms with Crippen molar-refractivity contribution >= 4 is 12.0 Å². The van der Waals surface area contributed by atoms with E-state index < -0.39 is 11.6 Å². The number of carboxylic acids is 1. The van der Waals surface area contributed by atoms with E-state index in [1.807, 2.05) is 20.8 Å². The molecular formula is C13H22N2O5. The number of carboxylic acid groups (broad SMARTS) is 1. The van der Waals surface area contributed by atoms with E-state index in [1.165, 1.54) is 0 Å². The van der Waals surface area contributed by atoms with Crippen molar-refractivity contribution in [2.45, 2.75) is 38.6 Å². The highest BCUT2D eigenvalue weighted by Crippen LogP contribution is 2.26. The van der Waals surface area contributed by atoms with Gasteiger partial charge in [-0.15, -0.1) is 0 Å². The first kappa shape index (κ1) is 15.1. The van der Waals surface area contributed by atoms with E-state index in [1.54, 1.807) is 9.80 Å². The molecule has 2 amide bonds. The summed E-state index contributed by atoms with van der Waals surface area (Å²) in [7, 11) is 0. The molecule has 7 heteroatoms. The molecule has 7 nitrogen and oxygen atoms in total. The Labute approximate surface area is 118 Å². The van der Waals surface area contributed by atoms with Crippen molar-refractivity contribution < 1.29 is 24.2 Å². The number of morpholine rings is 1. The number of nitrogens with zero attached hydrogens (tertiary/aromatic N) is 2. The second kappa shape index (κ2) is 5.57. The van der Waals surface area contributed by atoms with Gasteiger partial charge in [-0.2, -0.15) is 0 Å². The molecule has 2 atom stereocenters. The zero-order valence-electron chi connectivity index (χ0n) is 12.2. The van der Waals surface area contributed by atoms with Crippen LogP contribution in [0.5, 0.6) is 0 Å². The molecule has 0 aromatic carbocycles. The molecule has 0 saturated carbocycles. The minimum Gasteiger partial charge on any atom is -0.480 e. The Kier molecular flexibility index (Phi) is 4.19. The van der Waals surface area contributed by atoms with Crippen LogP contribution < -0.4 is 0 Å². The van der Waals surface area contributed by atoms with Crippen molar-refractivity contribution in [2.24, 2.45) is 0 Å². The van der Waals surface area contributed by atoms with Crippen LogP contribution in [-0.4, -0.2) is 77.5 Å². The Morgan fingerprint density at radius 3 is 2.30 bits per heavy atom. The van der Waals surface area contributed by atoms with Crippen LogP contribution in [-0.2, 0) is 14.3 Å². The molecule has 2 saturated heterocycles. The number of aliphatic carboxylic acids is 1. The number of urea groups is 1. The number of hydrogen-bond donors (Lipinski definition) is 1. The molecule has 2 aliphatic rings. The minimum absolute atomic E-state index is 0.0246. The van der Waals surface area contributed by atoms with E-state index in [0.29, 0.717) is 26.2 Å². The monoisotopic (exact) mass is 286 g/mol. The van der Waals surface area contributed by atoms with Gasteiger partial charge in [0.2, 0.25) is 0 Å². The first-order valence-corrected chi connectivity index (χ1v) is 6.84. The number of hydrogen-bond acceptors (Lipinski definition) is 4. The summed E-state index contributed by atoms with van der Waals surface area (Å²) in [6.07, 6.45) is 0.0808. The Bertz CT molecular complexity index is 384. The van der Waals surface area contributed by atoms with Gasteiger partial charge in [-0.05, 0) is 20.8 Å². The van der Waals surface area contributed by atoms with Crippen molar-refractivity contribution in [1.29, 1.82) is 0 Å². The molecule has 2 heterocycles. The van der Waals surface area contributed by atoms with Crippen molar-refractivity contribution in [3.8, 4) is 0 Å². The van der Waals surface area contributed by atoms with Gasteiger partial charge in [0.1, 0.15) is 12.2 Å². The predicted octanol–water partition coefficient (Wildman–Crippen LogP) is 0.391. The van der Waals surface area contributed by atoms with Crippen LogP contribution in [0.4, 0.5) is 4.79 Å². The van der Waals surface area contributed by atoms with E-state index >= 15 is 0 Å². The first-order chi connectivity index (χ1) is 9.29. The van der Waals surface area contributed by atoms with Crippen LogP contribution in [0.2, 0.25) is 0 Å². The summed E-state index contributed by atoms with van der Waals surface area (Å²) in [4.78, 5) is 26.3. The smallest absolute Gasteiger partial charge is 0.329 e. The van der Waals surface area contributed by atoms with Gasteiger partial charge in [0.15, 0.2) is 0 Å². The molecule has 0 unspecified atom stereocenters. The van der Waals surface area contributed by atoms with Gasteiger partial charge in [-0.25, -0.2) is 9.59 Å². The maximum Gasteiger partial charge on any atom is 0.329 e. The fourth-order valence-corrected chi connectivity index (χ4v) is 2.76. The summed E-state index contributed by atoms with van der Waals surface area (Å²) >= 11 is 0. The molecule has 0 bridgehead atoms. The summed E-state index contributed by atoms with van der Waals surface area (Å²) in [6, 6.07) is -0.0246. The van der Waals surface area contributed by atoms with Crippen molar-refractivity contribution in [1.82, 2.24) is 9.80 Å². The molecule has 2 aliphatic heterocycles. The maximum absolute atomic E-state index is 12.3. The lowest BCUT2D eigenvalue weighted by atomic mass is 9.97. The minimum atomic E-state index is -0.994. The number of carbonyl (C=O) groups is 2. The third-order valence-electron chi connectivity index (χ3n) is 3.56. The molecule has 0 radical (unpaired) electrons. The number of carbonyl (C=O) groups excluding carboxylic acids is 1. The summed E-state index contributed by atoms with van der Waals surface area (Å²) in [6.45, 7) is 7.43. The predicted molar refractivity (Wildman–Crippen MR) is 70.5 cm³/mol. The highest BCUT2D eigenvalue weighted by molar-refractivity contribution is 5.76. The van der Waals surface area contributed by atoms with E-state index in [4.69, 9.17) is 14.6 Å². The lowest BCUT2D eigenvalue weighted by molar-refractivity contribution is -0.161. The number of likely N-dealkylation sites (tertiary alicyclic amines) is 1. The van der Waals surface area contributed by atoms with Gasteiger partial charge in [0, 0.05) is 13.1 Å². The maximum atomic E-state index is 12.3. The highest BCUT2D eigenvalue weighted by atomic mass is 16.5. The third kappa shape index (κ3) is 3.40. The quantitative estimate of drug-likeness (QED) is 0.812. The van der Waals surface area contributed by atoms with Crippen LogP contribution in [0.15, 0.2) is 0 Å². The Balaban J connectivity index is 1.82. The largest absolute Gasteiger partial charge is 0.480 e. The highest BCUT2D eigenvalue weighted by Gasteiger charge is 2.44. The summed E-state index contributed by atoms with van der Waals surface area (Å²) in [5.41, 5.74) is -0.544. The van der Waals surface area contributed by atoms with Crippen LogP contribution in [0.1, 0.15) is 20.8 Å². The molecule has 0 aliphatic carbocycles. The zero-order valence-corrected chi connectivity index (χ0v) is 12.2. The average Bonchev–Trinajstić information content (AvgIpc) is 2.31. The van der Waals surface area contributed by atoms with E-state index in [-0.39, 0.29) is 24.8 Å². The molecule has 2 rings (SSSR count). The van der Waals surface area contributed by atoms with Crippen molar-refractivity contribution in [3.63, 3.8) is 0 Å². The average molecular weight is 286 g/mol. The number of ether oxygens (including phenoxy) is 2. The fourth-order valence-electron chi connectivity index (χ4n) is 2.76. The normalized spacial score (nSPS) is 28.9. The Morgan fingerprint density at radius 1 is 1.25 bits per heavy atom. The molecule has 0 spiro atoms. The second-order valence-electron chi connectivity index (χ2n) is 5.93. The van der Waals surface area contributed by atoms with Gasteiger partial charge >= 0.3 is 12.0 Å². The van der Waals surface area contributed by atoms with Crippen LogP contribution >= 0.6 is 0 Å². The molecule has 1 N–H and O–H groups in total. The Hall–Kier alpha value is -1.34. The zero-order chi connectivity index (χ0) is 14.9. The van der Waals surface area contributed by atoms with Crippen LogP contribution in [0, 0.1) is 0 Å². The van der Waals surface area contributed by atoms with Crippen LogP contribution in [0.3, 0.4) is 0 Å². The fraction of sp³-hybridized carbons (Fsp3) is 0.846. The van der Waals surface area contributed by atoms with Gasteiger partial charge in [-0.3, -0.25) is 0 Å². The summed E-state index contributed by atoms with van der Waals surface area (Å²) in [5, 5.41) is 8.61. The topological polar surface area (TPSA) is 79.3 Å². The van der Waals surface area contributed by atoms with E-state index in [0.717, 1.165) is 0 Å². The number of amides is 2. The van der Waals surface area contributed by atoms with Gasteiger partial charge < -0.3 is 24.4 Å². The van der Waals surface area contributed by atoms with Gasteiger partial charge in [0.25, 0.3) is 0 Å². The van der Waals surface area contributed by atoms with Gasteiger partial charge in [0.05, 0.1) is 25.3 Å². The SMILES string of the molecule is C[C@@H]1CN(C(=O)N2CC(C)(OCC(=O)O)C2)C[C@H](C)O1. The molecule has 20 heavy (non-hydrogen) atoms. The lowest BCUT2D eigenvalue weighted by Crippen LogP contribution is -2.67. The molecule has 0 aromatic rings. The molecule has 114 valence electrons. The molecule has 0 aromatic heterocycles. The third-order valence-corrected chi connectivity index (χ3v) is 3.56.